The van der Waals surface area contributed by atoms with Gasteiger partial charge < -0.3 is 10.1 Å². The van der Waals surface area contributed by atoms with Crippen LogP contribution in [0.2, 0.25) is 10.0 Å². The topological polar surface area (TPSA) is 132 Å². The zero-order valence-corrected chi connectivity index (χ0v) is 21.5. The van der Waals surface area contributed by atoms with Gasteiger partial charge >= 0.3 is 12.0 Å². The Hall–Kier alpha value is -4.32. The SMILES string of the molecule is O=C(O)c1ccc(-n2c(=S)[nH]c3c(c2=O)C(c2ccccc2Cl)N(N=Nc2ccc(Cl)cc2)C(=O)N3)cc1. The van der Waals surface area contributed by atoms with E-state index in [-0.39, 0.29) is 21.7 Å². The second-order valence-corrected chi connectivity index (χ2v) is 9.31. The number of fused-ring (bicyclic) bond motifs is 1. The van der Waals surface area contributed by atoms with Crippen molar-refractivity contribution in [3.63, 3.8) is 0 Å². The molecule has 1 atom stereocenters. The molecule has 190 valence electrons. The summed E-state index contributed by atoms with van der Waals surface area (Å²) < 4.78 is 1.20. The Morgan fingerprint density at radius 2 is 1.66 bits per heavy atom. The van der Waals surface area contributed by atoms with Crippen LogP contribution in [0, 0.1) is 4.77 Å². The van der Waals surface area contributed by atoms with Crippen LogP contribution in [0.25, 0.3) is 5.69 Å². The molecule has 10 nitrogen and oxygen atoms in total. The quantitative estimate of drug-likeness (QED) is 0.186. The highest BCUT2D eigenvalue weighted by atomic mass is 35.5. The Balaban J connectivity index is 1.71. The Kier molecular flexibility index (Phi) is 6.81. The summed E-state index contributed by atoms with van der Waals surface area (Å²) in [7, 11) is 0. The molecule has 1 aliphatic heterocycles. The van der Waals surface area contributed by atoms with Crippen LogP contribution in [0.1, 0.15) is 27.5 Å². The number of carboxylic acids is 1. The van der Waals surface area contributed by atoms with Crippen LogP contribution in [0.4, 0.5) is 16.3 Å². The standard InChI is InChI=1S/C25H16Cl2N6O4S/c26-14-7-9-15(10-8-14)30-31-33-20(17-3-1-2-4-18(17)27)19-21(28-24(33)37)29-25(38)32(22(19)34)16-11-5-13(6-12-16)23(35)36/h1-12,20H,(H,28,37)(H,29,38)(H,35,36). The molecule has 3 N–H and O–H groups in total. The number of aromatic nitrogens is 2. The Labute approximate surface area is 229 Å². The fourth-order valence-corrected chi connectivity index (χ4v) is 4.63. The summed E-state index contributed by atoms with van der Waals surface area (Å²) in [5.74, 6) is -1.02. The van der Waals surface area contributed by atoms with Crippen LogP contribution in [-0.4, -0.2) is 31.7 Å². The third kappa shape index (κ3) is 4.70. The number of benzene rings is 3. The third-order valence-corrected chi connectivity index (χ3v) is 6.63. The van der Waals surface area contributed by atoms with Gasteiger partial charge in [-0.15, -0.1) is 5.11 Å². The number of aromatic amines is 1. The molecule has 0 aliphatic carbocycles. The number of aromatic carboxylic acids is 1. The van der Waals surface area contributed by atoms with Gasteiger partial charge in [-0.2, -0.15) is 5.01 Å². The summed E-state index contributed by atoms with van der Waals surface area (Å²) in [4.78, 5) is 41.3. The summed E-state index contributed by atoms with van der Waals surface area (Å²) in [6.07, 6.45) is 0. The lowest BCUT2D eigenvalue weighted by molar-refractivity contribution is 0.0697. The first-order chi connectivity index (χ1) is 18.2. The molecule has 1 aromatic heterocycles. The zero-order valence-electron chi connectivity index (χ0n) is 19.1. The van der Waals surface area contributed by atoms with Crippen LogP contribution in [-0.2, 0) is 0 Å². The van der Waals surface area contributed by atoms with Crippen molar-refractivity contribution in [3.05, 3.63) is 115 Å². The maximum Gasteiger partial charge on any atom is 0.345 e. The second kappa shape index (κ2) is 10.2. The minimum absolute atomic E-state index is 0.00808. The van der Waals surface area contributed by atoms with E-state index in [1.54, 1.807) is 48.5 Å². The monoisotopic (exact) mass is 566 g/mol. The fourth-order valence-electron chi connectivity index (χ4n) is 3.98. The third-order valence-electron chi connectivity index (χ3n) is 5.75. The molecule has 5 rings (SSSR count). The number of halogens is 2. The lowest BCUT2D eigenvalue weighted by Crippen LogP contribution is -2.44. The highest BCUT2D eigenvalue weighted by Crippen LogP contribution is 2.38. The van der Waals surface area contributed by atoms with E-state index in [1.807, 2.05) is 0 Å². The molecule has 4 aromatic rings. The van der Waals surface area contributed by atoms with E-state index >= 15 is 0 Å². The van der Waals surface area contributed by atoms with E-state index in [4.69, 9.17) is 35.4 Å². The number of anilines is 1. The van der Waals surface area contributed by atoms with E-state index in [2.05, 4.69) is 20.6 Å². The number of hydrogen-bond acceptors (Lipinski definition) is 6. The minimum atomic E-state index is -1.11. The van der Waals surface area contributed by atoms with Crippen LogP contribution >= 0.6 is 35.4 Å². The molecule has 0 bridgehead atoms. The van der Waals surface area contributed by atoms with Gasteiger partial charge in [-0.05, 0) is 66.8 Å². The van der Waals surface area contributed by atoms with Gasteiger partial charge in [-0.3, -0.25) is 14.7 Å². The van der Waals surface area contributed by atoms with Gasteiger partial charge in [-0.25, -0.2) is 9.59 Å². The first kappa shape index (κ1) is 25.3. The minimum Gasteiger partial charge on any atom is -0.478 e. The Morgan fingerprint density at radius 3 is 2.32 bits per heavy atom. The first-order valence-corrected chi connectivity index (χ1v) is 12.2. The highest BCUT2D eigenvalue weighted by molar-refractivity contribution is 7.71. The zero-order chi connectivity index (χ0) is 27.0. The van der Waals surface area contributed by atoms with E-state index in [1.165, 1.54) is 28.8 Å². The van der Waals surface area contributed by atoms with Gasteiger partial charge in [0.25, 0.3) is 5.56 Å². The summed E-state index contributed by atoms with van der Waals surface area (Å²) in [5.41, 5.74) is 0.759. The number of carbonyl (C=O) groups is 2. The number of nitrogens with one attached hydrogen (secondary N) is 2. The molecular weight excluding hydrogens is 551 g/mol. The van der Waals surface area contributed by atoms with Crippen molar-refractivity contribution in [2.75, 3.05) is 5.32 Å². The molecule has 0 fully saturated rings. The van der Waals surface area contributed by atoms with Crippen LogP contribution in [0.5, 0.6) is 0 Å². The molecule has 1 unspecified atom stereocenters. The van der Waals surface area contributed by atoms with Crippen LogP contribution in [0.15, 0.2) is 87.9 Å². The van der Waals surface area contributed by atoms with Gasteiger partial charge in [0, 0.05) is 15.6 Å². The van der Waals surface area contributed by atoms with Crippen molar-refractivity contribution < 1.29 is 14.7 Å². The molecule has 0 saturated carbocycles. The number of urea groups is 1. The number of carbonyl (C=O) groups excluding carboxylic acids is 1. The lowest BCUT2D eigenvalue weighted by Gasteiger charge is -2.33. The number of H-pyrrole nitrogens is 1. The predicted molar refractivity (Wildman–Crippen MR) is 144 cm³/mol. The summed E-state index contributed by atoms with van der Waals surface area (Å²) in [6, 6.07) is 17.1. The average molecular weight is 567 g/mol. The fraction of sp³-hybridized carbons (Fsp3) is 0.0400. The summed E-state index contributed by atoms with van der Waals surface area (Å²) in [5, 5.41) is 22.0. The predicted octanol–water partition coefficient (Wildman–Crippen LogP) is 6.54. The maximum absolute atomic E-state index is 14.0. The van der Waals surface area contributed by atoms with Gasteiger partial charge in [0.05, 0.1) is 22.5 Å². The number of carboxylic acid groups (broad SMARTS) is 1. The molecule has 13 heteroatoms. The highest BCUT2D eigenvalue weighted by Gasteiger charge is 2.39. The van der Waals surface area contributed by atoms with Crippen LogP contribution in [0.3, 0.4) is 0 Å². The molecule has 0 spiro atoms. The second-order valence-electron chi connectivity index (χ2n) is 8.08. The Morgan fingerprint density at radius 1 is 0.974 bits per heavy atom. The van der Waals surface area contributed by atoms with Crippen molar-refractivity contribution >= 4 is 58.9 Å². The molecule has 38 heavy (non-hydrogen) atoms. The summed E-state index contributed by atoms with van der Waals surface area (Å²) in [6.45, 7) is 0. The van der Waals surface area contributed by atoms with E-state index in [0.717, 1.165) is 5.01 Å². The van der Waals surface area contributed by atoms with E-state index in [9.17, 15) is 19.5 Å². The molecule has 2 amide bonds. The number of hydrogen-bond donors (Lipinski definition) is 3. The number of nitrogens with zero attached hydrogens (tertiary/aromatic N) is 4. The average Bonchev–Trinajstić information content (AvgIpc) is 2.89. The molecule has 0 saturated heterocycles. The van der Waals surface area contributed by atoms with Gasteiger partial charge in [0.1, 0.15) is 11.9 Å². The maximum atomic E-state index is 14.0. The lowest BCUT2D eigenvalue weighted by atomic mass is 9.98. The molecule has 0 radical (unpaired) electrons. The first-order valence-electron chi connectivity index (χ1n) is 11.0. The van der Waals surface area contributed by atoms with Crippen LogP contribution < -0.4 is 10.9 Å². The largest absolute Gasteiger partial charge is 0.478 e. The van der Waals surface area contributed by atoms with Gasteiger partial charge in [0.15, 0.2) is 4.77 Å². The van der Waals surface area contributed by atoms with E-state index < -0.39 is 23.6 Å². The molecule has 2 heterocycles. The number of rotatable bonds is 5. The normalized spacial score (nSPS) is 14.8. The van der Waals surface area contributed by atoms with Crippen molar-refractivity contribution in [2.45, 2.75) is 6.04 Å². The summed E-state index contributed by atoms with van der Waals surface area (Å²) >= 11 is 17.9. The van der Waals surface area contributed by atoms with Gasteiger partial charge in [0.2, 0.25) is 0 Å². The smallest absolute Gasteiger partial charge is 0.345 e. The Bertz CT molecular complexity index is 1720. The van der Waals surface area contributed by atoms with Gasteiger partial charge in [-0.1, -0.05) is 46.6 Å². The van der Waals surface area contributed by atoms with E-state index in [0.29, 0.717) is 27.0 Å². The van der Waals surface area contributed by atoms with Crippen molar-refractivity contribution in [1.29, 1.82) is 0 Å². The molecular formula is C25H16Cl2N6O4S. The molecule has 1 aliphatic rings. The van der Waals surface area contributed by atoms with Crippen molar-refractivity contribution in [3.8, 4) is 5.69 Å². The van der Waals surface area contributed by atoms with Crippen molar-refractivity contribution in [1.82, 2.24) is 14.6 Å². The van der Waals surface area contributed by atoms with Crippen molar-refractivity contribution in [2.24, 2.45) is 10.3 Å². The number of amides is 2. The molecule has 3 aromatic carbocycles.